The largest absolute Gasteiger partial charge is 0.494 e. The van der Waals surface area contributed by atoms with Crippen molar-refractivity contribution in [1.82, 2.24) is 0 Å². The molecule has 0 saturated heterocycles. The van der Waals surface area contributed by atoms with Gasteiger partial charge in [0.25, 0.3) is 5.91 Å². The summed E-state index contributed by atoms with van der Waals surface area (Å²) in [6.45, 7) is 5.41. The molecule has 0 unspecified atom stereocenters. The first-order chi connectivity index (χ1) is 12.7. The molecule has 2 aromatic rings. The van der Waals surface area contributed by atoms with Gasteiger partial charge in [-0.25, -0.2) is 0 Å². The first kappa shape index (κ1) is 19.6. The number of hydrogen-bond acceptors (Lipinski definition) is 4. The zero-order valence-corrected chi connectivity index (χ0v) is 15.5. The third kappa shape index (κ3) is 6.67. The molecule has 0 fully saturated rings. The topological polar surface area (TPSA) is 56.8 Å². The Morgan fingerprint density at radius 1 is 0.846 bits per heavy atom. The Kier molecular flexibility index (Phi) is 8.33. The Balaban J connectivity index is 1.83. The van der Waals surface area contributed by atoms with E-state index in [1.54, 1.807) is 12.1 Å². The molecule has 2 rings (SSSR count). The van der Waals surface area contributed by atoms with Gasteiger partial charge in [0.05, 0.1) is 18.9 Å². The minimum Gasteiger partial charge on any atom is -0.494 e. The first-order valence-corrected chi connectivity index (χ1v) is 9.10. The lowest BCUT2D eigenvalue weighted by molar-refractivity contribution is -0.118. The highest BCUT2D eigenvalue weighted by Gasteiger charge is 2.08. The van der Waals surface area contributed by atoms with Crippen LogP contribution in [-0.4, -0.2) is 25.7 Å². The van der Waals surface area contributed by atoms with Gasteiger partial charge in [-0.1, -0.05) is 32.4 Å². The van der Waals surface area contributed by atoms with Crippen molar-refractivity contribution in [2.75, 3.05) is 25.1 Å². The minimum atomic E-state index is -0.233. The van der Waals surface area contributed by atoms with Gasteiger partial charge >= 0.3 is 0 Å². The van der Waals surface area contributed by atoms with Crippen molar-refractivity contribution >= 4 is 11.6 Å². The fraction of sp³-hybridized carbons (Fsp3) is 0.381. The van der Waals surface area contributed by atoms with E-state index in [4.69, 9.17) is 14.2 Å². The lowest BCUT2D eigenvalue weighted by Crippen LogP contribution is -2.20. The summed E-state index contributed by atoms with van der Waals surface area (Å²) in [5, 5.41) is 2.83. The summed E-state index contributed by atoms with van der Waals surface area (Å²) in [5.41, 5.74) is 0.653. The standard InChI is InChI=1S/C21H27NO4/c1-3-5-15-25-20-9-7-6-8-19(20)22-21(23)16-26-18-12-10-17(11-13-18)24-14-4-2/h6-13H,3-5,14-16H2,1-2H3,(H,22,23). The molecule has 0 aliphatic rings. The van der Waals surface area contributed by atoms with Crippen molar-refractivity contribution in [3.63, 3.8) is 0 Å². The van der Waals surface area contributed by atoms with E-state index in [-0.39, 0.29) is 12.5 Å². The Hall–Kier alpha value is -2.69. The number of nitrogens with one attached hydrogen (secondary N) is 1. The Morgan fingerprint density at radius 2 is 1.54 bits per heavy atom. The normalized spacial score (nSPS) is 10.2. The molecule has 0 atom stereocenters. The number of rotatable bonds is 11. The molecule has 0 radical (unpaired) electrons. The van der Waals surface area contributed by atoms with Gasteiger partial charge in [-0.15, -0.1) is 0 Å². The summed E-state index contributed by atoms with van der Waals surface area (Å²) >= 11 is 0. The molecule has 0 aromatic heterocycles. The molecule has 0 aliphatic carbocycles. The van der Waals surface area contributed by atoms with Crippen LogP contribution in [0, 0.1) is 0 Å². The zero-order valence-electron chi connectivity index (χ0n) is 15.5. The summed E-state index contributed by atoms with van der Waals surface area (Å²) in [7, 11) is 0. The highest BCUT2D eigenvalue weighted by Crippen LogP contribution is 2.24. The second kappa shape index (κ2) is 11.0. The van der Waals surface area contributed by atoms with Crippen LogP contribution in [0.1, 0.15) is 33.1 Å². The summed E-state index contributed by atoms with van der Waals surface area (Å²) in [6, 6.07) is 14.7. The average Bonchev–Trinajstić information content (AvgIpc) is 2.67. The number of unbranched alkanes of at least 4 members (excludes halogenated alkanes) is 1. The predicted molar refractivity (Wildman–Crippen MR) is 103 cm³/mol. The number of anilines is 1. The van der Waals surface area contributed by atoms with Gasteiger partial charge in [-0.3, -0.25) is 4.79 Å². The maximum absolute atomic E-state index is 12.2. The van der Waals surface area contributed by atoms with Crippen molar-refractivity contribution in [1.29, 1.82) is 0 Å². The van der Waals surface area contributed by atoms with E-state index >= 15 is 0 Å². The third-order valence-electron chi connectivity index (χ3n) is 3.58. The number of carbonyl (C=O) groups excluding carboxylic acids is 1. The van der Waals surface area contributed by atoms with Crippen LogP contribution in [0.2, 0.25) is 0 Å². The molecular formula is C21H27NO4. The van der Waals surface area contributed by atoms with Crippen LogP contribution >= 0.6 is 0 Å². The van der Waals surface area contributed by atoms with Gasteiger partial charge in [-0.05, 0) is 49.2 Å². The van der Waals surface area contributed by atoms with Gasteiger partial charge in [0.1, 0.15) is 17.2 Å². The fourth-order valence-corrected chi connectivity index (χ4v) is 2.21. The van der Waals surface area contributed by atoms with Gasteiger partial charge in [0.15, 0.2) is 6.61 Å². The maximum Gasteiger partial charge on any atom is 0.262 e. The quantitative estimate of drug-likeness (QED) is 0.594. The van der Waals surface area contributed by atoms with Crippen molar-refractivity contribution in [2.24, 2.45) is 0 Å². The molecule has 0 spiro atoms. The number of hydrogen-bond donors (Lipinski definition) is 1. The number of para-hydroxylation sites is 2. The highest BCUT2D eigenvalue weighted by atomic mass is 16.5. The van der Waals surface area contributed by atoms with E-state index in [1.807, 2.05) is 36.4 Å². The molecule has 0 bridgehead atoms. The Bertz CT molecular complexity index is 670. The fourth-order valence-electron chi connectivity index (χ4n) is 2.21. The van der Waals surface area contributed by atoms with Crippen LogP contribution in [0.5, 0.6) is 17.2 Å². The molecule has 1 amide bonds. The minimum absolute atomic E-state index is 0.0710. The summed E-state index contributed by atoms with van der Waals surface area (Å²) < 4.78 is 16.8. The van der Waals surface area contributed by atoms with Crippen LogP contribution in [0.15, 0.2) is 48.5 Å². The molecule has 5 nitrogen and oxygen atoms in total. The molecular weight excluding hydrogens is 330 g/mol. The Labute approximate surface area is 155 Å². The van der Waals surface area contributed by atoms with Gasteiger partial charge in [0, 0.05) is 0 Å². The lowest BCUT2D eigenvalue weighted by atomic mass is 10.3. The molecule has 0 heterocycles. The molecule has 0 aliphatic heterocycles. The first-order valence-electron chi connectivity index (χ1n) is 9.10. The van der Waals surface area contributed by atoms with Crippen molar-refractivity contribution in [3.8, 4) is 17.2 Å². The van der Waals surface area contributed by atoms with E-state index in [0.29, 0.717) is 30.4 Å². The van der Waals surface area contributed by atoms with Gasteiger partial charge in [-0.2, -0.15) is 0 Å². The van der Waals surface area contributed by atoms with Crippen LogP contribution in [0.25, 0.3) is 0 Å². The van der Waals surface area contributed by atoms with Crippen molar-refractivity contribution in [3.05, 3.63) is 48.5 Å². The Morgan fingerprint density at radius 3 is 2.23 bits per heavy atom. The summed E-state index contributed by atoms with van der Waals surface area (Å²) in [5.74, 6) is 1.85. The van der Waals surface area contributed by atoms with Crippen LogP contribution < -0.4 is 19.5 Å². The van der Waals surface area contributed by atoms with Crippen LogP contribution in [-0.2, 0) is 4.79 Å². The summed E-state index contributed by atoms with van der Waals surface area (Å²) in [6.07, 6.45) is 3.00. The smallest absolute Gasteiger partial charge is 0.262 e. The SMILES string of the molecule is CCCCOc1ccccc1NC(=O)COc1ccc(OCCC)cc1. The molecule has 26 heavy (non-hydrogen) atoms. The molecule has 1 N–H and O–H groups in total. The maximum atomic E-state index is 12.2. The van der Waals surface area contributed by atoms with E-state index in [0.717, 1.165) is 25.0 Å². The van der Waals surface area contributed by atoms with E-state index < -0.39 is 0 Å². The molecule has 2 aromatic carbocycles. The van der Waals surface area contributed by atoms with E-state index in [1.165, 1.54) is 0 Å². The van der Waals surface area contributed by atoms with Gasteiger partial charge in [0.2, 0.25) is 0 Å². The number of carbonyl (C=O) groups is 1. The van der Waals surface area contributed by atoms with Crippen LogP contribution in [0.4, 0.5) is 5.69 Å². The number of ether oxygens (including phenoxy) is 3. The summed E-state index contributed by atoms with van der Waals surface area (Å²) in [4.78, 5) is 12.2. The van der Waals surface area contributed by atoms with Gasteiger partial charge < -0.3 is 19.5 Å². The van der Waals surface area contributed by atoms with Crippen molar-refractivity contribution in [2.45, 2.75) is 33.1 Å². The lowest BCUT2D eigenvalue weighted by Gasteiger charge is -2.13. The second-order valence-electron chi connectivity index (χ2n) is 5.85. The molecule has 140 valence electrons. The van der Waals surface area contributed by atoms with E-state index in [2.05, 4.69) is 19.2 Å². The molecule has 0 saturated carbocycles. The monoisotopic (exact) mass is 357 g/mol. The average molecular weight is 357 g/mol. The van der Waals surface area contributed by atoms with E-state index in [9.17, 15) is 4.79 Å². The zero-order chi connectivity index (χ0) is 18.6. The predicted octanol–water partition coefficient (Wildman–Crippen LogP) is 4.67. The molecule has 5 heteroatoms. The van der Waals surface area contributed by atoms with Crippen LogP contribution in [0.3, 0.4) is 0 Å². The number of amides is 1. The highest BCUT2D eigenvalue weighted by molar-refractivity contribution is 5.93. The second-order valence-corrected chi connectivity index (χ2v) is 5.85. The number of benzene rings is 2. The van der Waals surface area contributed by atoms with Crippen molar-refractivity contribution < 1.29 is 19.0 Å². The third-order valence-corrected chi connectivity index (χ3v) is 3.58.